The Bertz CT molecular complexity index is 1510. The fraction of sp³-hybridized carbons (Fsp3) is 0.182. The Labute approximate surface area is 184 Å². The van der Waals surface area contributed by atoms with Crippen LogP contribution in [-0.4, -0.2) is 46.5 Å². The highest BCUT2D eigenvalue weighted by Crippen LogP contribution is 2.36. The van der Waals surface area contributed by atoms with Crippen LogP contribution in [0.3, 0.4) is 0 Å². The summed E-state index contributed by atoms with van der Waals surface area (Å²) < 4.78 is 43.1. The normalized spacial score (nSPS) is 16.5. The number of hydrogen-bond donors (Lipinski definition) is 1. The number of nitrogens with one attached hydrogen (secondary N) is 1. The number of hydrogen-bond acceptors (Lipinski definition) is 4. The maximum atomic E-state index is 13.7. The van der Waals surface area contributed by atoms with Gasteiger partial charge >= 0.3 is 6.18 Å². The van der Waals surface area contributed by atoms with Crippen LogP contribution in [0.15, 0.2) is 61.2 Å². The van der Waals surface area contributed by atoms with Crippen molar-refractivity contribution in [2.45, 2.75) is 18.6 Å². The molecule has 0 bridgehead atoms. The predicted octanol–water partition coefficient (Wildman–Crippen LogP) is 3.51. The Balaban J connectivity index is 1.50. The number of carbonyl (C=O) groups excluding carboxylic acids is 1. The van der Waals surface area contributed by atoms with Crippen LogP contribution in [-0.2, 0) is 12.6 Å². The lowest BCUT2D eigenvalue weighted by Crippen LogP contribution is -2.41. The highest BCUT2D eigenvalue weighted by molar-refractivity contribution is 6.01. The highest BCUT2D eigenvalue weighted by Gasteiger charge is 2.38. The fourth-order valence-electron chi connectivity index (χ4n) is 4.43. The molecule has 0 aromatic carbocycles. The standard InChI is InChI=1S/C22H16F3N7O/c23-22(24,25)18-6-3-4-13-10-16(29-32(13)18)20-19-15(26-12-27-19)7-9-30(20)21(33)14-11-28-31-8-2-1-5-17(14)31/h1-6,8,10-12,20H,7,9H2,(H,26,27). The second-order valence-corrected chi connectivity index (χ2v) is 7.82. The van der Waals surface area contributed by atoms with Crippen molar-refractivity contribution in [3.05, 3.63) is 89.5 Å². The Morgan fingerprint density at radius 1 is 1.15 bits per heavy atom. The van der Waals surface area contributed by atoms with Crippen LogP contribution in [0.2, 0.25) is 0 Å². The van der Waals surface area contributed by atoms with Gasteiger partial charge in [-0.25, -0.2) is 14.0 Å². The van der Waals surface area contributed by atoms with Gasteiger partial charge in [0.15, 0.2) is 0 Å². The van der Waals surface area contributed by atoms with Crippen LogP contribution in [0.25, 0.3) is 11.0 Å². The number of nitrogens with zero attached hydrogens (tertiary/aromatic N) is 6. The Morgan fingerprint density at radius 3 is 2.88 bits per heavy atom. The van der Waals surface area contributed by atoms with Gasteiger partial charge in [-0.2, -0.15) is 23.4 Å². The summed E-state index contributed by atoms with van der Waals surface area (Å²) in [5, 5.41) is 8.53. The van der Waals surface area contributed by atoms with Crippen molar-refractivity contribution in [2.24, 2.45) is 0 Å². The van der Waals surface area contributed by atoms with Gasteiger partial charge in [0.25, 0.3) is 5.91 Å². The van der Waals surface area contributed by atoms with Gasteiger partial charge in [-0.15, -0.1) is 0 Å². The highest BCUT2D eigenvalue weighted by atomic mass is 19.4. The SMILES string of the molecule is O=C(c1cnn2ccccc12)N1CCc2[nH]cnc2C1c1cc2cccc(C(F)(F)F)n2n1. The van der Waals surface area contributed by atoms with Crippen molar-refractivity contribution >= 4 is 16.9 Å². The molecule has 0 saturated carbocycles. The van der Waals surface area contributed by atoms with Gasteiger partial charge in [-0.3, -0.25) is 4.79 Å². The van der Waals surface area contributed by atoms with E-state index in [-0.39, 0.29) is 11.4 Å². The number of aromatic nitrogens is 6. The molecule has 0 saturated heterocycles. The van der Waals surface area contributed by atoms with Crippen molar-refractivity contribution < 1.29 is 18.0 Å². The largest absolute Gasteiger partial charge is 0.433 e. The van der Waals surface area contributed by atoms with Crippen molar-refractivity contribution in [1.82, 2.24) is 34.1 Å². The fourth-order valence-corrected chi connectivity index (χ4v) is 4.43. The second-order valence-electron chi connectivity index (χ2n) is 7.82. The maximum absolute atomic E-state index is 13.7. The lowest BCUT2D eigenvalue weighted by molar-refractivity contribution is -0.142. The van der Waals surface area contributed by atoms with E-state index in [4.69, 9.17) is 0 Å². The zero-order valence-corrected chi connectivity index (χ0v) is 17.0. The molecule has 5 aromatic rings. The second kappa shape index (κ2) is 6.92. The third kappa shape index (κ3) is 2.99. The average Bonchev–Trinajstić information content (AvgIpc) is 3.54. The minimum atomic E-state index is -4.57. The van der Waals surface area contributed by atoms with Crippen LogP contribution >= 0.6 is 0 Å². The van der Waals surface area contributed by atoms with Crippen LogP contribution in [0.1, 0.15) is 39.2 Å². The van der Waals surface area contributed by atoms with E-state index in [1.807, 2.05) is 12.1 Å². The molecule has 1 amide bonds. The molecule has 1 unspecified atom stereocenters. The molecule has 5 aromatic heterocycles. The minimum absolute atomic E-state index is 0.283. The van der Waals surface area contributed by atoms with Gasteiger partial charge in [-0.1, -0.05) is 12.1 Å². The van der Waals surface area contributed by atoms with Crippen molar-refractivity contribution in [1.29, 1.82) is 0 Å². The third-order valence-corrected chi connectivity index (χ3v) is 5.92. The summed E-state index contributed by atoms with van der Waals surface area (Å²) in [6.45, 7) is 0.350. The van der Waals surface area contributed by atoms with E-state index in [9.17, 15) is 18.0 Å². The lowest BCUT2D eigenvalue weighted by Gasteiger charge is -2.33. The van der Waals surface area contributed by atoms with Crippen LogP contribution < -0.4 is 0 Å². The van der Waals surface area contributed by atoms with Gasteiger partial charge in [-0.05, 0) is 30.3 Å². The number of aromatic amines is 1. The molecule has 1 aliphatic heterocycles. The topological polar surface area (TPSA) is 83.6 Å². The summed E-state index contributed by atoms with van der Waals surface area (Å²) in [4.78, 5) is 22.7. The summed E-state index contributed by atoms with van der Waals surface area (Å²) >= 11 is 0. The van der Waals surface area contributed by atoms with E-state index >= 15 is 0 Å². The number of pyridine rings is 2. The first-order chi connectivity index (χ1) is 15.9. The summed E-state index contributed by atoms with van der Waals surface area (Å²) in [5.74, 6) is -0.289. The first kappa shape index (κ1) is 19.5. The third-order valence-electron chi connectivity index (χ3n) is 5.92. The molecule has 11 heteroatoms. The zero-order valence-electron chi connectivity index (χ0n) is 17.0. The zero-order chi connectivity index (χ0) is 22.7. The number of rotatable bonds is 2. The number of imidazole rings is 1. The number of H-pyrrole nitrogens is 1. The van der Waals surface area contributed by atoms with Gasteiger partial charge in [0, 0.05) is 24.9 Å². The molecule has 6 rings (SSSR count). The van der Waals surface area contributed by atoms with Crippen molar-refractivity contribution in [3.8, 4) is 0 Å². The molecule has 0 spiro atoms. The van der Waals surface area contributed by atoms with Crippen molar-refractivity contribution in [2.75, 3.05) is 6.54 Å². The van der Waals surface area contributed by atoms with Crippen molar-refractivity contribution in [3.63, 3.8) is 0 Å². The molecular weight excluding hydrogens is 435 g/mol. The predicted molar refractivity (Wildman–Crippen MR) is 111 cm³/mol. The first-order valence-corrected chi connectivity index (χ1v) is 10.2. The molecule has 0 fully saturated rings. The quantitative estimate of drug-likeness (QED) is 0.445. The molecule has 1 N–H and O–H groups in total. The van der Waals surface area contributed by atoms with Gasteiger partial charge in [0.05, 0.1) is 40.5 Å². The molecular formula is C22H16F3N7O. The molecule has 166 valence electrons. The minimum Gasteiger partial charge on any atom is -0.348 e. The Morgan fingerprint density at radius 2 is 2.03 bits per heavy atom. The Kier molecular flexibility index (Phi) is 4.10. The van der Waals surface area contributed by atoms with E-state index in [1.54, 1.807) is 33.8 Å². The molecule has 0 aliphatic carbocycles. The summed E-state index contributed by atoms with van der Waals surface area (Å²) in [6.07, 6.45) is 0.738. The number of halogens is 3. The van der Waals surface area contributed by atoms with E-state index in [2.05, 4.69) is 20.2 Å². The van der Waals surface area contributed by atoms with Crippen LogP contribution in [0, 0.1) is 0 Å². The number of fused-ring (bicyclic) bond motifs is 3. The Hall–Kier alpha value is -4.15. The number of carbonyl (C=O) groups is 1. The van der Waals surface area contributed by atoms with E-state index in [0.29, 0.717) is 35.4 Å². The van der Waals surface area contributed by atoms with E-state index in [1.165, 1.54) is 18.6 Å². The summed E-state index contributed by atoms with van der Waals surface area (Å²) in [7, 11) is 0. The van der Waals surface area contributed by atoms with Gasteiger partial charge < -0.3 is 9.88 Å². The first-order valence-electron chi connectivity index (χ1n) is 10.2. The average molecular weight is 451 g/mol. The lowest BCUT2D eigenvalue weighted by atomic mass is 9.98. The van der Waals surface area contributed by atoms with Gasteiger partial charge in [0.2, 0.25) is 0 Å². The monoisotopic (exact) mass is 451 g/mol. The molecule has 0 radical (unpaired) electrons. The van der Waals surface area contributed by atoms with E-state index in [0.717, 1.165) is 16.3 Å². The molecule has 33 heavy (non-hydrogen) atoms. The van der Waals surface area contributed by atoms with Crippen LogP contribution in [0.4, 0.5) is 13.2 Å². The molecule has 1 aliphatic rings. The van der Waals surface area contributed by atoms with Crippen LogP contribution in [0.5, 0.6) is 0 Å². The smallest absolute Gasteiger partial charge is 0.348 e. The molecule has 8 nitrogen and oxygen atoms in total. The number of alkyl halides is 3. The maximum Gasteiger partial charge on any atom is 0.433 e. The van der Waals surface area contributed by atoms with E-state index < -0.39 is 17.9 Å². The van der Waals surface area contributed by atoms with Gasteiger partial charge in [0.1, 0.15) is 11.7 Å². The number of amides is 1. The summed E-state index contributed by atoms with van der Waals surface area (Å²) in [6, 6.07) is 10.1. The molecule has 6 heterocycles. The molecule has 1 atom stereocenters. The summed E-state index contributed by atoms with van der Waals surface area (Å²) in [5.41, 5.74) is 2.16.